The number of hydrogen-bond acceptors (Lipinski definition) is 3. The summed E-state index contributed by atoms with van der Waals surface area (Å²) in [6.45, 7) is 5.97. The van der Waals surface area contributed by atoms with Gasteiger partial charge in [0.2, 0.25) is 0 Å². The minimum absolute atomic E-state index is 0.664. The van der Waals surface area contributed by atoms with E-state index in [-0.39, 0.29) is 0 Å². The van der Waals surface area contributed by atoms with Gasteiger partial charge in [-0.1, -0.05) is 0 Å². The number of hydrogen-bond donors (Lipinski definition) is 1. The number of nitrogens with one attached hydrogen (secondary N) is 1. The largest absolute Gasteiger partial charge is 0.317 e. The third kappa shape index (κ3) is 3.30. The Morgan fingerprint density at radius 1 is 1.59 bits per heavy atom. The number of nitrogens with zero attached hydrogens (tertiary/aromatic N) is 1. The summed E-state index contributed by atoms with van der Waals surface area (Å²) in [6, 6.07) is 4.34. The minimum Gasteiger partial charge on any atom is -0.317 e. The lowest BCUT2D eigenvalue weighted by atomic mass is 9.95. The van der Waals surface area contributed by atoms with Gasteiger partial charge in [-0.3, -0.25) is 4.90 Å². The third-order valence-corrected chi connectivity index (χ3v) is 4.75. The summed E-state index contributed by atoms with van der Waals surface area (Å²) >= 11 is 1.80. The van der Waals surface area contributed by atoms with Crippen LogP contribution in [0, 0.1) is 0 Å². The van der Waals surface area contributed by atoms with Gasteiger partial charge in [0.25, 0.3) is 0 Å². The van der Waals surface area contributed by atoms with Crippen molar-refractivity contribution in [2.45, 2.75) is 51.2 Å². The highest BCUT2D eigenvalue weighted by atomic mass is 32.1. The van der Waals surface area contributed by atoms with Crippen molar-refractivity contribution in [3.63, 3.8) is 0 Å². The second-order valence-electron chi connectivity index (χ2n) is 5.28. The van der Waals surface area contributed by atoms with Crippen LogP contribution in [0.2, 0.25) is 0 Å². The first kappa shape index (κ1) is 13.1. The summed E-state index contributed by atoms with van der Waals surface area (Å²) in [5.41, 5.74) is 1.49. The molecular formula is C14H24N2S. The molecule has 3 heteroatoms. The quantitative estimate of drug-likeness (QED) is 0.886. The molecule has 0 aromatic carbocycles. The fourth-order valence-electron chi connectivity index (χ4n) is 2.97. The smallest absolute Gasteiger partial charge is 0.0110 e. The van der Waals surface area contributed by atoms with E-state index in [2.05, 4.69) is 47.9 Å². The number of rotatable bonds is 4. The van der Waals surface area contributed by atoms with E-state index < -0.39 is 0 Å². The first-order valence-electron chi connectivity index (χ1n) is 6.64. The van der Waals surface area contributed by atoms with Crippen molar-refractivity contribution >= 4 is 11.3 Å². The molecule has 1 aliphatic rings. The SMILES string of the molecule is CNC1CCN(C(C)Cc2ccsc2)C(C)C1. The molecular weight excluding hydrogens is 228 g/mol. The molecule has 2 rings (SSSR count). The molecule has 2 nitrogen and oxygen atoms in total. The summed E-state index contributed by atoms with van der Waals surface area (Å²) in [6.07, 6.45) is 3.76. The Morgan fingerprint density at radius 2 is 2.41 bits per heavy atom. The average molecular weight is 252 g/mol. The normalized spacial score (nSPS) is 28.2. The lowest BCUT2D eigenvalue weighted by molar-refractivity contribution is 0.0974. The monoisotopic (exact) mass is 252 g/mol. The van der Waals surface area contributed by atoms with Crippen LogP contribution >= 0.6 is 11.3 Å². The Balaban J connectivity index is 1.89. The van der Waals surface area contributed by atoms with Crippen LogP contribution in [0.4, 0.5) is 0 Å². The van der Waals surface area contributed by atoms with E-state index in [9.17, 15) is 0 Å². The molecule has 0 spiro atoms. The van der Waals surface area contributed by atoms with Crippen LogP contribution in [-0.2, 0) is 6.42 Å². The van der Waals surface area contributed by atoms with Crippen molar-refractivity contribution < 1.29 is 0 Å². The van der Waals surface area contributed by atoms with Crippen molar-refractivity contribution in [3.8, 4) is 0 Å². The molecule has 1 fully saturated rings. The predicted molar refractivity (Wildman–Crippen MR) is 75.7 cm³/mol. The lowest BCUT2D eigenvalue weighted by Crippen LogP contribution is -2.50. The van der Waals surface area contributed by atoms with Gasteiger partial charge in [0.05, 0.1) is 0 Å². The highest BCUT2D eigenvalue weighted by Gasteiger charge is 2.27. The first-order valence-corrected chi connectivity index (χ1v) is 7.59. The lowest BCUT2D eigenvalue weighted by Gasteiger charge is -2.41. The Kier molecular flexibility index (Phi) is 4.60. The molecule has 1 saturated heterocycles. The zero-order valence-corrected chi connectivity index (χ0v) is 12.0. The van der Waals surface area contributed by atoms with Crippen LogP contribution in [0.1, 0.15) is 32.3 Å². The molecule has 1 aromatic rings. The van der Waals surface area contributed by atoms with Crippen LogP contribution in [-0.4, -0.2) is 36.6 Å². The van der Waals surface area contributed by atoms with E-state index in [0.29, 0.717) is 12.1 Å². The Hall–Kier alpha value is -0.380. The average Bonchev–Trinajstić information content (AvgIpc) is 2.81. The van der Waals surface area contributed by atoms with Crippen LogP contribution in [0.15, 0.2) is 16.8 Å². The first-order chi connectivity index (χ1) is 8.20. The topological polar surface area (TPSA) is 15.3 Å². The van der Waals surface area contributed by atoms with Crippen molar-refractivity contribution in [1.82, 2.24) is 10.2 Å². The second-order valence-corrected chi connectivity index (χ2v) is 6.06. The zero-order valence-electron chi connectivity index (χ0n) is 11.1. The zero-order chi connectivity index (χ0) is 12.3. The summed E-state index contributed by atoms with van der Waals surface area (Å²) < 4.78 is 0. The Morgan fingerprint density at radius 3 is 3.00 bits per heavy atom. The molecule has 0 aliphatic carbocycles. The molecule has 0 saturated carbocycles. The van der Waals surface area contributed by atoms with E-state index in [1.807, 2.05) is 0 Å². The van der Waals surface area contributed by atoms with Gasteiger partial charge in [-0.25, -0.2) is 0 Å². The van der Waals surface area contributed by atoms with Crippen LogP contribution in [0.3, 0.4) is 0 Å². The Labute approximate surface area is 109 Å². The molecule has 3 unspecified atom stereocenters. The van der Waals surface area contributed by atoms with Crippen molar-refractivity contribution in [2.24, 2.45) is 0 Å². The molecule has 96 valence electrons. The van der Waals surface area contributed by atoms with Gasteiger partial charge in [-0.05, 0) is 62.5 Å². The maximum Gasteiger partial charge on any atom is 0.0110 e. The number of thiophene rings is 1. The summed E-state index contributed by atoms with van der Waals surface area (Å²) in [7, 11) is 2.09. The van der Waals surface area contributed by atoms with Gasteiger partial charge in [-0.15, -0.1) is 0 Å². The minimum atomic E-state index is 0.664. The van der Waals surface area contributed by atoms with E-state index in [4.69, 9.17) is 0 Å². The molecule has 1 aliphatic heterocycles. The summed E-state index contributed by atoms with van der Waals surface area (Å²) in [4.78, 5) is 2.67. The highest BCUT2D eigenvalue weighted by molar-refractivity contribution is 7.07. The number of piperidine rings is 1. The fourth-order valence-corrected chi connectivity index (χ4v) is 3.66. The molecule has 0 amide bonds. The van der Waals surface area contributed by atoms with Gasteiger partial charge in [0.1, 0.15) is 0 Å². The molecule has 0 bridgehead atoms. The van der Waals surface area contributed by atoms with Crippen molar-refractivity contribution in [3.05, 3.63) is 22.4 Å². The fraction of sp³-hybridized carbons (Fsp3) is 0.714. The van der Waals surface area contributed by atoms with Gasteiger partial charge in [0, 0.05) is 24.7 Å². The molecule has 1 aromatic heterocycles. The van der Waals surface area contributed by atoms with Crippen LogP contribution in [0.25, 0.3) is 0 Å². The summed E-state index contributed by atoms with van der Waals surface area (Å²) in [5.74, 6) is 0. The van der Waals surface area contributed by atoms with E-state index in [0.717, 1.165) is 6.04 Å². The van der Waals surface area contributed by atoms with Crippen LogP contribution < -0.4 is 5.32 Å². The standard InChI is InChI=1S/C14H24N2S/c1-11(8-13-5-7-17-10-13)16-6-4-14(15-3)9-12(16)2/h5,7,10-12,14-15H,4,6,8-9H2,1-3H3. The number of likely N-dealkylation sites (tertiary alicyclic amines) is 1. The maximum atomic E-state index is 3.41. The molecule has 0 radical (unpaired) electrons. The Bertz CT molecular complexity index is 323. The summed E-state index contributed by atoms with van der Waals surface area (Å²) in [5, 5.41) is 7.87. The molecule has 3 atom stereocenters. The third-order valence-electron chi connectivity index (χ3n) is 4.01. The van der Waals surface area contributed by atoms with Crippen LogP contribution in [0.5, 0.6) is 0 Å². The van der Waals surface area contributed by atoms with E-state index in [1.165, 1.54) is 31.4 Å². The van der Waals surface area contributed by atoms with E-state index in [1.54, 1.807) is 11.3 Å². The van der Waals surface area contributed by atoms with Gasteiger partial charge < -0.3 is 5.32 Å². The van der Waals surface area contributed by atoms with Crippen molar-refractivity contribution in [2.75, 3.05) is 13.6 Å². The maximum absolute atomic E-state index is 3.41. The second kappa shape index (κ2) is 5.98. The van der Waals surface area contributed by atoms with Gasteiger partial charge >= 0.3 is 0 Å². The van der Waals surface area contributed by atoms with Gasteiger partial charge in [-0.2, -0.15) is 11.3 Å². The molecule has 2 heterocycles. The van der Waals surface area contributed by atoms with E-state index >= 15 is 0 Å². The van der Waals surface area contributed by atoms with Gasteiger partial charge in [0.15, 0.2) is 0 Å². The predicted octanol–water partition coefficient (Wildman–Crippen LogP) is 2.75. The molecule has 17 heavy (non-hydrogen) atoms. The molecule has 1 N–H and O–H groups in total. The van der Waals surface area contributed by atoms with Crippen molar-refractivity contribution in [1.29, 1.82) is 0 Å². The highest BCUT2D eigenvalue weighted by Crippen LogP contribution is 2.22.